The van der Waals surface area contributed by atoms with Crippen molar-refractivity contribution in [3.05, 3.63) is 24.0 Å². The van der Waals surface area contributed by atoms with Crippen molar-refractivity contribution >= 4 is 17.5 Å². The third kappa shape index (κ3) is 2.78. The van der Waals surface area contributed by atoms with Crippen LogP contribution in [-0.4, -0.2) is 38.0 Å². The first kappa shape index (κ1) is 12.2. The quantitative estimate of drug-likeness (QED) is 0.835. The average molecular weight is 277 g/mol. The number of halogens is 1. The van der Waals surface area contributed by atoms with Crippen LogP contribution in [0.5, 0.6) is 0 Å². The summed E-state index contributed by atoms with van der Waals surface area (Å²) in [5.41, 5.74) is 0.741. The lowest BCUT2D eigenvalue weighted by Crippen LogP contribution is -2.31. The van der Waals surface area contributed by atoms with E-state index < -0.39 is 0 Å². The summed E-state index contributed by atoms with van der Waals surface area (Å²) in [6.07, 6.45) is 8.38. The molecule has 1 fully saturated rings. The number of nitrogens with zero attached hydrogens (tertiary/aromatic N) is 6. The van der Waals surface area contributed by atoms with Gasteiger partial charge >= 0.3 is 0 Å². The Balaban J connectivity index is 1.96. The predicted octanol–water partition coefficient (Wildman–Crippen LogP) is 1.97. The monoisotopic (exact) mass is 276 g/mol. The predicted molar refractivity (Wildman–Crippen MR) is 71.9 cm³/mol. The molecular formula is C12H13ClN6. The maximum atomic E-state index is 5.99. The zero-order chi connectivity index (χ0) is 13.1. The Bertz CT molecular complexity index is 555. The molecule has 1 aliphatic heterocycles. The molecule has 6 nitrogen and oxygen atoms in total. The average Bonchev–Trinajstić information content (AvgIpc) is 2.48. The number of hydrogen-bond donors (Lipinski definition) is 0. The van der Waals surface area contributed by atoms with Crippen molar-refractivity contribution in [3.63, 3.8) is 0 Å². The van der Waals surface area contributed by atoms with Gasteiger partial charge in [-0.1, -0.05) is 0 Å². The maximum absolute atomic E-state index is 5.99. The number of anilines is 1. The molecule has 0 bridgehead atoms. The molecule has 0 radical (unpaired) electrons. The van der Waals surface area contributed by atoms with Crippen LogP contribution in [0, 0.1) is 0 Å². The summed E-state index contributed by atoms with van der Waals surface area (Å²) < 4.78 is 0. The first-order valence-corrected chi connectivity index (χ1v) is 6.62. The zero-order valence-corrected chi connectivity index (χ0v) is 11.1. The normalized spacial score (nSPS) is 15.5. The maximum Gasteiger partial charge on any atom is 0.230 e. The van der Waals surface area contributed by atoms with Crippen LogP contribution in [0.15, 0.2) is 18.7 Å². The third-order valence-electron chi connectivity index (χ3n) is 3.05. The van der Waals surface area contributed by atoms with Gasteiger partial charge in [-0.3, -0.25) is 0 Å². The summed E-state index contributed by atoms with van der Waals surface area (Å²) in [6.45, 7) is 1.93. The third-order valence-corrected chi connectivity index (χ3v) is 3.22. The second kappa shape index (κ2) is 5.44. The first-order valence-electron chi connectivity index (χ1n) is 6.25. The SMILES string of the molecule is Clc1nc(-c2cncnc2)nc(N2CCCCC2)n1. The summed E-state index contributed by atoms with van der Waals surface area (Å²) in [5.74, 6) is 1.15. The second-order valence-electron chi connectivity index (χ2n) is 4.40. The van der Waals surface area contributed by atoms with Gasteiger partial charge in [-0.15, -0.1) is 0 Å². The van der Waals surface area contributed by atoms with Crippen molar-refractivity contribution < 1.29 is 0 Å². The van der Waals surface area contributed by atoms with Crippen molar-refractivity contribution in [1.82, 2.24) is 24.9 Å². The number of rotatable bonds is 2. The Kier molecular flexibility index (Phi) is 3.50. The molecule has 2 aromatic rings. The number of aromatic nitrogens is 5. The molecule has 0 N–H and O–H groups in total. The second-order valence-corrected chi connectivity index (χ2v) is 4.74. The largest absolute Gasteiger partial charge is 0.341 e. The minimum Gasteiger partial charge on any atom is -0.341 e. The number of piperidine rings is 1. The first-order chi connectivity index (χ1) is 9.33. The summed E-state index contributed by atoms with van der Waals surface area (Å²) in [4.78, 5) is 22.9. The van der Waals surface area contributed by atoms with Crippen LogP contribution in [0.4, 0.5) is 5.95 Å². The molecule has 3 rings (SSSR count). The molecule has 0 amide bonds. The van der Waals surface area contributed by atoms with Crippen molar-refractivity contribution in [2.75, 3.05) is 18.0 Å². The highest BCUT2D eigenvalue weighted by atomic mass is 35.5. The van der Waals surface area contributed by atoms with Gasteiger partial charge in [0.25, 0.3) is 0 Å². The van der Waals surface area contributed by atoms with Gasteiger partial charge in [-0.2, -0.15) is 15.0 Å². The van der Waals surface area contributed by atoms with E-state index in [1.807, 2.05) is 0 Å². The van der Waals surface area contributed by atoms with E-state index in [-0.39, 0.29) is 5.28 Å². The van der Waals surface area contributed by atoms with Crippen LogP contribution in [-0.2, 0) is 0 Å². The van der Waals surface area contributed by atoms with E-state index in [2.05, 4.69) is 29.8 Å². The van der Waals surface area contributed by atoms with E-state index in [4.69, 9.17) is 11.6 Å². The van der Waals surface area contributed by atoms with Gasteiger partial charge in [0.1, 0.15) is 6.33 Å². The van der Waals surface area contributed by atoms with Gasteiger partial charge in [-0.05, 0) is 30.9 Å². The van der Waals surface area contributed by atoms with E-state index >= 15 is 0 Å². The molecule has 1 aliphatic rings. The van der Waals surface area contributed by atoms with E-state index in [0.29, 0.717) is 11.8 Å². The Morgan fingerprint density at radius 2 is 1.68 bits per heavy atom. The highest BCUT2D eigenvalue weighted by Crippen LogP contribution is 2.20. The standard InChI is InChI=1S/C12H13ClN6/c13-11-16-10(9-6-14-8-15-7-9)17-12(18-11)19-4-2-1-3-5-19/h6-8H,1-5H2. The lowest BCUT2D eigenvalue weighted by Gasteiger charge is -2.26. The van der Waals surface area contributed by atoms with Gasteiger partial charge in [0.15, 0.2) is 5.82 Å². The molecule has 98 valence electrons. The zero-order valence-electron chi connectivity index (χ0n) is 10.3. The van der Waals surface area contributed by atoms with Crippen molar-refractivity contribution in [2.24, 2.45) is 0 Å². The molecule has 0 saturated carbocycles. The van der Waals surface area contributed by atoms with E-state index in [1.165, 1.54) is 12.7 Å². The van der Waals surface area contributed by atoms with Crippen LogP contribution < -0.4 is 4.90 Å². The molecule has 0 aliphatic carbocycles. The Morgan fingerprint density at radius 3 is 2.42 bits per heavy atom. The summed E-state index contributed by atoms with van der Waals surface area (Å²) in [7, 11) is 0. The van der Waals surface area contributed by atoms with Crippen LogP contribution in [0.25, 0.3) is 11.4 Å². The molecule has 1 saturated heterocycles. The van der Waals surface area contributed by atoms with Crippen LogP contribution in [0.3, 0.4) is 0 Å². The molecule has 2 aromatic heterocycles. The van der Waals surface area contributed by atoms with Gasteiger partial charge in [0.2, 0.25) is 11.2 Å². The minimum absolute atomic E-state index is 0.203. The van der Waals surface area contributed by atoms with E-state index in [1.54, 1.807) is 12.4 Å². The summed E-state index contributed by atoms with van der Waals surface area (Å²) >= 11 is 5.99. The molecule has 0 atom stereocenters. The lowest BCUT2D eigenvalue weighted by molar-refractivity contribution is 0.567. The molecule has 0 aromatic carbocycles. The van der Waals surface area contributed by atoms with Gasteiger partial charge < -0.3 is 4.90 Å². The fourth-order valence-corrected chi connectivity index (χ4v) is 2.27. The smallest absolute Gasteiger partial charge is 0.230 e. The Morgan fingerprint density at radius 1 is 0.947 bits per heavy atom. The van der Waals surface area contributed by atoms with Crippen molar-refractivity contribution in [1.29, 1.82) is 0 Å². The summed E-state index contributed by atoms with van der Waals surface area (Å²) in [6, 6.07) is 0. The lowest BCUT2D eigenvalue weighted by atomic mass is 10.1. The van der Waals surface area contributed by atoms with Gasteiger partial charge in [0.05, 0.1) is 5.56 Å². The minimum atomic E-state index is 0.203. The van der Waals surface area contributed by atoms with E-state index in [9.17, 15) is 0 Å². The van der Waals surface area contributed by atoms with E-state index in [0.717, 1.165) is 31.5 Å². The Labute approximate surface area is 115 Å². The highest BCUT2D eigenvalue weighted by Gasteiger charge is 2.16. The molecule has 3 heterocycles. The molecular weight excluding hydrogens is 264 g/mol. The molecule has 0 spiro atoms. The number of hydrogen-bond acceptors (Lipinski definition) is 6. The van der Waals surface area contributed by atoms with Crippen molar-refractivity contribution in [3.8, 4) is 11.4 Å². The fourth-order valence-electron chi connectivity index (χ4n) is 2.12. The van der Waals surface area contributed by atoms with Gasteiger partial charge in [0, 0.05) is 25.5 Å². The molecule has 0 unspecified atom stereocenters. The van der Waals surface area contributed by atoms with Crippen LogP contribution >= 0.6 is 11.6 Å². The fraction of sp³-hybridized carbons (Fsp3) is 0.417. The Hall–Kier alpha value is -1.82. The van der Waals surface area contributed by atoms with Gasteiger partial charge in [-0.25, -0.2) is 9.97 Å². The summed E-state index contributed by atoms with van der Waals surface area (Å²) in [5, 5.41) is 0.203. The highest BCUT2D eigenvalue weighted by molar-refractivity contribution is 6.28. The molecule has 19 heavy (non-hydrogen) atoms. The molecule has 7 heteroatoms. The topological polar surface area (TPSA) is 67.7 Å². The van der Waals surface area contributed by atoms with Crippen LogP contribution in [0.2, 0.25) is 5.28 Å². The van der Waals surface area contributed by atoms with Crippen molar-refractivity contribution in [2.45, 2.75) is 19.3 Å². The van der Waals surface area contributed by atoms with Crippen LogP contribution in [0.1, 0.15) is 19.3 Å².